The highest BCUT2D eigenvalue weighted by Crippen LogP contribution is 2.06. The number of H-pyrrole nitrogens is 1. The standard InChI is InChI=1S/C13H12N6O/c20-13(11-3-6-16-18-11)15-9-10-2-5-14-12(8-10)19-7-1-4-17-19/h1-8H,9H2,(H,15,20)(H,16,18). The second-order valence-electron chi connectivity index (χ2n) is 4.13. The molecule has 7 nitrogen and oxygen atoms in total. The van der Waals surface area contributed by atoms with E-state index < -0.39 is 0 Å². The first-order chi connectivity index (χ1) is 9.83. The van der Waals surface area contributed by atoms with Crippen molar-refractivity contribution in [1.82, 2.24) is 30.3 Å². The van der Waals surface area contributed by atoms with Gasteiger partial charge in [-0.05, 0) is 29.8 Å². The molecule has 0 spiro atoms. The number of hydrogen-bond donors (Lipinski definition) is 2. The third-order valence-electron chi connectivity index (χ3n) is 2.75. The summed E-state index contributed by atoms with van der Waals surface area (Å²) >= 11 is 0. The van der Waals surface area contributed by atoms with Gasteiger partial charge in [-0.1, -0.05) is 0 Å². The first-order valence-corrected chi connectivity index (χ1v) is 6.05. The zero-order valence-corrected chi connectivity index (χ0v) is 10.5. The minimum atomic E-state index is -0.194. The average molecular weight is 268 g/mol. The van der Waals surface area contributed by atoms with Crippen LogP contribution in [0.4, 0.5) is 0 Å². The minimum Gasteiger partial charge on any atom is -0.347 e. The molecule has 20 heavy (non-hydrogen) atoms. The molecule has 3 rings (SSSR count). The van der Waals surface area contributed by atoms with Gasteiger partial charge in [-0.15, -0.1) is 0 Å². The summed E-state index contributed by atoms with van der Waals surface area (Å²) in [6.45, 7) is 0.411. The van der Waals surface area contributed by atoms with Gasteiger partial charge in [0.25, 0.3) is 5.91 Å². The third kappa shape index (κ3) is 2.56. The van der Waals surface area contributed by atoms with Crippen LogP contribution in [-0.2, 0) is 6.54 Å². The zero-order valence-electron chi connectivity index (χ0n) is 10.5. The smallest absolute Gasteiger partial charge is 0.269 e. The Morgan fingerprint density at radius 3 is 3.00 bits per heavy atom. The fourth-order valence-corrected chi connectivity index (χ4v) is 1.76. The summed E-state index contributed by atoms with van der Waals surface area (Å²) in [6, 6.07) is 7.17. The summed E-state index contributed by atoms with van der Waals surface area (Å²) in [5, 5.41) is 13.3. The molecule has 3 aromatic heterocycles. The predicted molar refractivity (Wildman–Crippen MR) is 71.1 cm³/mol. The molecule has 1 amide bonds. The largest absolute Gasteiger partial charge is 0.347 e. The lowest BCUT2D eigenvalue weighted by Gasteiger charge is -2.06. The van der Waals surface area contributed by atoms with Gasteiger partial charge in [0.05, 0.1) is 0 Å². The second-order valence-corrected chi connectivity index (χ2v) is 4.13. The lowest BCUT2D eigenvalue weighted by Crippen LogP contribution is -2.23. The van der Waals surface area contributed by atoms with E-state index in [9.17, 15) is 4.79 Å². The Kier molecular flexibility index (Phi) is 3.24. The quantitative estimate of drug-likeness (QED) is 0.736. The van der Waals surface area contributed by atoms with Gasteiger partial charge < -0.3 is 5.32 Å². The summed E-state index contributed by atoms with van der Waals surface area (Å²) in [6.07, 6.45) is 6.73. The van der Waals surface area contributed by atoms with Crippen molar-refractivity contribution in [1.29, 1.82) is 0 Å². The monoisotopic (exact) mass is 268 g/mol. The minimum absolute atomic E-state index is 0.194. The second kappa shape index (κ2) is 5.35. The van der Waals surface area contributed by atoms with E-state index in [1.54, 1.807) is 23.1 Å². The molecule has 0 saturated heterocycles. The molecule has 0 aliphatic carbocycles. The Labute approximate surface area is 114 Å². The number of pyridine rings is 1. The number of aromatic nitrogens is 5. The Bertz CT molecular complexity index is 689. The normalized spacial score (nSPS) is 10.4. The van der Waals surface area contributed by atoms with Crippen LogP contribution in [0, 0.1) is 0 Å². The van der Waals surface area contributed by atoms with Crippen LogP contribution in [-0.4, -0.2) is 30.9 Å². The maximum atomic E-state index is 11.8. The maximum Gasteiger partial charge on any atom is 0.269 e. The molecule has 0 saturated carbocycles. The number of hydrogen-bond acceptors (Lipinski definition) is 4. The Morgan fingerprint density at radius 1 is 1.30 bits per heavy atom. The van der Waals surface area contributed by atoms with E-state index in [0.717, 1.165) is 5.56 Å². The van der Waals surface area contributed by atoms with E-state index in [1.807, 2.05) is 24.4 Å². The van der Waals surface area contributed by atoms with E-state index in [0.29, 0.717) is 18.1 Å². The van der Waals surface area contributed by atoms with Gasteiger partial charge in [-0.3, -0.25) is 9.89 Å². The predicted octanol–water partition coefficient (Wildman–Crippen LogP) is 0.920. The van der Waals surface area contributed by atoms with Gasteiger partial charge in [0.2, 0.25) is 0 Å². The van der Waals surface area contributed by atoms with E-state index in [-0.39, 0.29) is 5.91 Å². The molecule has 2 N–H and O–H groups in total. The van der Waals surface area contributed by atoms with E-state index in [1.165, 1.54) is 6.20 Å². The molecule has 0 aliphatic heterocycles. The molecule has 0 aliphatic rings. The first kappa shape index (κ1) is 12.1. The number of amides is 1. The number of nitrogens with zero attached hydrogens (tertiary/aromatic N) is 4. The van der Waals surface area contributed by atoms with Gasteiger partial charge in [0, 0.05) is 31.3 Å². The molecule has 3 aromatic rings. The highest BCUT2D eigenvalue weighted by molar-refractivity contribution is 5.91. The van der Waals surface area contributed by atoms with Crippen molar-refractivity contribution >= 4 is 5.91 Å². The topological polar surface area (TPSA) is 88.5 Å². The molecule has 100 valence electrons. The van der Waals surface area contributed by atoms with Gasteiger partial charge >= 0.3 is 0 Å². The lowest BCUT2D eigenvalue weighted by molar-refractivity contribution is 0.0946. The van der Waals surface area contributed by atoms with Crippen LogP contribution in [0.15, 0.2) is 49.1 Å². The van der Waals surface area contributed by atoms with Crippen LogP contribution in [0.2, 0.25) is 0 Å². The van der Waals surface area contributed by atoms with Crippen molar-refractivity contribution < 1.29 is 4.79 Å². The first-order valence-electron chi connectivity index (χ1n) is 6.05. The molecular formula is C13H12N6O. The van der Waals surface area contributed by atoms with Gasteiger partial charge in [-0.2, -0.15) is 10.2 Å². The SMILES string of the molecule is O=C(NCc1ccnc(-n2cccn2)c1)c1ccn[nH]1. The van der Waals surface area contributed by atoms with Crippen molar-refractivity contribution in [3.63, 3.8) is 0 Å². The van der Waals surface area contributed by atoms with Crippen molar-refractivity contribution in [3.8, 4) is 5.82 Å². The summed E-state index contributed by atoms with van der Waals surface area (Å²) in [4.78, 5) is 16.0. The molecule has 0 radical (unpaired) electrons. The Balaban J connectivity index is 1.69. The Morgan fingerprint density at radius 2 is 2.25 bits per heavy atom. The van der Waals surface area contributed by atoms with Gasteiger partial charge in [0.1, 0.15) is 5.69 Å². The van der Waals surface area contributed by atoms with Crippen LogP contribution in [0.25, 0.3) is 5.82 Å². The molecule has 0 bridgehead atoms. The van der Waals surface area contributed by atoms with Crippen LogP contribution < -0.4 is 5.32 Å². The van der Waals surface area contributed by atoms with Crippen LogP contribution in [0.5, 0.6) is 0 Å². The molecule has 0 fully saturated rings. The van der Waals surface area contributed by atoms with Crippen LogP contribution in [0.1, 0.15) is 16.1 Å². The van der Waals surface area contributed by atoms with Crippen molar-refractivity contribution in [2.45, 2.75) is 6.54 Å². The van der Waals surface area contributed by atoms with Gasteiger partial charge in [-0.25, -0.2) is 9.67 Å². The summed E-state index contributed by atoms with van der Waals surface area (Å²) in [5.74, 6) is 0.517. The summed E-state index contributed by atoms with van der Waals surface area (Å²) in [5.41, 5.74) is 1.38. The number of carbonyl (C=O) groups is 1. The highest BCUT2D eigenvalue weighted by atomic mass is 16.1. The zero-order chi connectivity index (χ0) is 13.8. The van der Waals surface area contributed by atoms with Gasteiger partial charge in [0.15, 0.2) is 5.82 Å². The molecular weight excluding hydrogens is 256 g/mol. The molecule has 0 atom stereocenters. The fraction of sp³-hybridized carbons (Fsp3) is 0.0769. The molecule has 0 aromatic carbocycles. The van der Waals surface area contributed by atoms with E-state index in [4.69, 9.17) is 0 Å². The van der Waals surface area contributed by atoms with E-state index >= 15 is 0 Å². The highest BCUT2D eigenvalue weighted by Gasteiger charge is 2.06. The van der Waals surface area contributed by atoms with Crippen LogP contribution >= 0.6 is 0 Å². The number of aromatic amines is 1. The van der Waals surface area contributed by atoms with Crippen LogP contribution in [0.3, 0.4) is 0 Å². The maximum absolute atomic E-state index is 11.8. The molecule has 0 unspecified atom stereocenters. The summed E-state index contributed by atoms with van der Waals surface area (Å²) < 4.78 is 1.67. The van der Waals surface area contributed by atoms with E-state index in [2.05, 4.69) is 25.6 Å². The van der Waals surface area contributed by atoms with Crippen molar-refractivity contribution in [2.75, 3.05) is 0 Å². The lowest BCUT2D eigenvalue weighted by atomic mass is 10.2. The third-order valence-corrected chi connectivity index (χ3v) is 2.75. The average Bonchev–Trinajstić information content (AvgIpc) is 3.17. The fourth-order valence-electron chi connectivity index (χ4n) is 1.76. The number of carbonyl (C=O) groups excluding carboxylic acids is 1. The number of nitrogens with one attached hydrogen (secondary N) is 2. The molecule has 7 heteroatoms. The number of rotatable bonds is 4. The van der Waals surface area contributed by atoms with Crippen molar-refractivity contribution in [2.24, 2.45) is 0 Å². The Hall–Kier alpha value is -2.96. The molecule has 3 heterocycles. The summed E-state index contributed by atoms with van der Waals surface area (Å²) in [7, 11) is 0. The van der Waals surface area contributed by atoms with Crippen molar-refractivity contribution in [3.05, 3.63) is 60.3 Å².